The van der Waals surface area contributed by atoms with Gasteiger partial charge in [-0.25, -0.2) is 0 Å². The maximum Gasteiger partial charge on any atom is 0.285 e. The summed E-state index contributed by atoms with van der Waals surface area (Å²) in [4.78, 5) is 0. The van der Waals surface area contributed by atoms with Gasteiger partial charge in [-0.15, -0.1) is 0 Å². The molecule has 2 aromatic carbocycles. The Bertz CT molecular complexity index is 800. The summed E-state index contributed by atoms with van der Waals surface area (Å²) in [5.41, 5.74) is 2.23. The fraction of sp³-hybridized carbons (Fsp3) is 0.478. The molecule has 154 valence electrons. The van der Waals surface area contributed by atoms with E-state index in [1.165, 1.54) is 0 Å². The van der Waals surface area contributed by atoms with E-state index in [0.717, 1.165) is 11.1 Å². The molecule has 29 heavy (non-hydrogen) atoms. The molecule has 0 spiro atoms. The standard InChI is InChI=1S/C23H26O6/c1-2-23-27-19-18(15-24-13-16-9-5-3-6-10-16)26-22(29-23)21(28-23)20(19)25-14-17-11-7-4-8-12-17/h3-12,18-22H,2,13-15H2,1H3/t18-,19-,20+,21-,22-,23?/m1/s1. The Morgan fingerprint density at radius 1 is 0.828 bits per heavy atom. The van der Waals surface area contributed by atoms with E-state index in [-0.39, 0.29) is 24.4 Å². The van der Waals surface area contributed by atoms with Crippen molar-refractivity contribution in [2.75, 3.05) is 6.61 Å². The predicted octanol–water partition coefficient (Wildman–Crippen LogP) is 3.39. The minimum atomic E-state index is -1.04. The molecule has 3 bridgehead atoms. The molecule has 2 aromatic rings. The van der Waals surface area contributed by atoms with Crippen molar-refractivity contribution in [3.05, 3.63) is 71.8 Å². The quantitative estimate of drug-likeness (QED) is 0.679. The predicted molar refractivity (Wildman–Crippen MR) is 104 cm³/mol. The summed E-state index contributed by atoms with van der Waals surface area (Å²) >= 11 is 0. The average molecular weight is 398 g/mol. The van der Waals surface area contributed by atoms with Crippen LogP contribution in [-0.4, -0.2) is 43.3 Å². The lowest BCUT2D eigenvalue weighted by molar-refractivity contribution is -0.396. The van der Waals surface area contributed by atoms with E-state index in [1.807, 2.05) is 67.6 Å². The van der Waals surface area contributed by atoms with Crippen molar-refractivity contribution < 1.29 is 28.4 Å². The molecule has 1 unspecified atom stereocenters. The van der Waals surface area contributed by atoms with E-state index in [1.54, 1.807) is 0 Å². The topological polar surface area (TPSA) is 55.4 Å². The van der Waals surface area contributed by atoms with E-state index < -0.39 is 12.3 Å². The first kappa shape index (κ1) is 19.2. The van der Waals surface area contributed by atoms with Crippen LogP contribution in [0.15, 0.2) is 60.7 Å². The van der Waals surface area contributed by atoms with Gasteiger partial charge >= 0.3 is 0 Å². The molecule has 0 N–H and O–H groups in total. The molecule has 0 saturated carbocycles. The molecular weight excluding hydrogens is 372 g/mol. The van der Waals surface area contributed by atoms with Crippen LogP contribution < -0.4 is 0 Å². The Kier molecular flexibility index (Phi) is 5.39. The highest BCUT2D eigenvalue weighted by Gasteiger charge is 2.65. The monoisotopic (exact) mass is 398 g/mol. The minimum absolute atomic E-state index is 0.276. The van der Waals surface area contributed by atoms with Crippen LogP contribution in [0, 0.1) is 0 Å². The third-order valence-corrected chi connectivity index (χ3v) is 5.63. The van der Waals surface area contributed by atoms with Crippen LogP contribution in [0.3, 0.4) is 0 Å². The molecular formula is C23H26O6. The van der Waals surface area contributed by atoms with Crippen molar-refractivity contribution in [1.29, 1.82) is 0 Å². The third kappa shape index (κ3) is 3.84. The van der Waals surface area contributed by atoms with Gasteiger partial charge in [0.1, 0.15) is 24.4 Å². The summed E-state index contributed by atoms with van der Waals surface area (Å²) in [6, 6.07) is 20.2. The van der Waals surface area contributed by atoms with Crippen LogP contribution in [-0.2, 0) is 41.6 Å². The van der Waals surface area contributed by atoms with Gasteiger partial charge in [0.25, 0.3) is 5.97 Å². The highest BCUT2D eigenvalue weighted by molar-refractivity contribution is 5.14. The van der Waals surface area contributed by atoms with E-state index >= 15 is 0 Å². The zero-order chi connectivity index (χ0) is 19.7. The number of fused-ring (bicyclic) bond motifs is 2. The molecule has 3 fully saturated rings. The molecule has 6 atom stereocenters. The SMILES string of the molecule is CCC12O[C@H]3O[C@H](COCc4ccccc4)[C@@H](O1)[C@H](OCc1ccccc1)[C@H]3O2. The van der Waals surface area contributed by atoms with Crippen molar-refractivity contribution in [1.82, 2.24) is 0 Å². The number of benzene rings is 2. The normalized spacial score (nSPS) is 35.1. The lowest BCUT2D eigenvalue weighted by Crippen LogP contribution is -2.62. The second-order valence-corrected chi connectivity index (χ2v) is 7.62. The van der Waals surface area contributed by atoms with E-state index in [9.17, 15) is 0 Å². The number of rotatable bonds is 8. The molecule has 0 aliphatic carbocycles. The van der Waals surface area contributed by atoms with E-state index in [2.05, 4.69) is 0 Å². The van der Waals surface area contributed by atoms with Crippen molar-refractivity contribution in [3.8, 4) is 0 Å². The minimum Gasteiger partial charge on any atom is -0.374 e. The van der Waals surface area contributed by atoms with Crippen molar-refractivity contribution in [2.45, 2.75) is 63.2 Å². The van der Waals surface area contributed by atoms with Gasteiger partial charge in [-0.3, -0.25) is 4.74 Å². The summed E-state index contributed by atoms with van der Waals surface area (Å²) in [5.74, 6) is -1.04. The first-order valence-electron chi connectivity index (χ1n) is 10.2. The van der Waals surface area contributed by atoms with E-state index in [0.29, 0.717) is 26.2 Å². The van der Waals surface area contributed by atoms with Crippen LogP contribution in [0.25, 0.3) is 0 Å². The van der Waals surface area contributed by atoms with E-state index in [4.69, 9.17) is 28.4 Å². The molecule has 3 aliphatic heterocycles. The van der Waals surface area contributed by atoms with Gasteiger partial charge in [0.2, 0.25) is 0 Å². The molecule has 6 heteroatoms. The Hall–Kier alpha value is -1.80. The fourth-order valence-corrected chi connectivity index (χ4v) is 4.12. The summed E-state index contributed by atoms with van der Waals surface area (Å²) in [6.45, 7) is 3.38. The second kappa shape index (κ2) is 8.14. The average Bonchev–Trinajstić information content (AvgIpc) is 2.98. The molecule has 3 saturated heterocycles. The molecule has 3 aliphatic rings. The lowest BCUT2D eigenvalue weighted by Gasteiger charge is -2.45. The third-order valence-electron chi connectivity index (χ3n) is 5.63. The van der Waals surface area contributed by atoms with Gasteiger partial charge in [0.05, 0.1) is 19.8 Å². The first-order chi connectivity index (χ1) is 14.3. The maximum absolute atomic E-state index is 6.25. The number of hydrogen-bond acceptors (Lipinski definition) is 6. The lowest BCUT2D eigenvalue weighted by atomic mass is 9.98. The van der Waals surface area contributed by atoms with Crippen LogP contribution in [0.2, 0.25) is 0 Å². The summed E-state index contributed by atoms with van der Waals surface area (Å²) < 4.78 is 36.6. The zero-order valence-corrected chi connectivity index (χ0v) is 16.4. The van der Waals surface area contributed by atoms with Gasteiger partial charge < -0.3 is 23.7 Å². The molecule has 6 nitrogen and oxygen atoms in total. The zero-order valence-electron chi connectivity index (χ0n) is 16.4. The smallest absolute Gasteiger partial charge is 0.285 e. The maximum atomic E-state index is 6.25. The summed E-state index contributed by atoms with van der Waals surface area (Å²) in [7, 11) is 0. The van der Waals surface area contributed by atoms with Gasteiger partial charge in [0.15, 0.2) is 6.29 Å². The largest absolute Gasteiger partial charge is 0.374 e. The number of ether oxygens (including phenoxy) is 6. The van der Waals surface area contributed by atoms with Gasteiger partial charge in [-0.2, -0.15) is 0 Å². The molecule has 0 amide bonds. The van der Waals surface area contributed by atoms with Crippen LogP contribution in [0.5, 0.6) is 0 Å². The Morgan fingerprint density at radius 3 is 2.17 bits per heavy atom. The molecule has 5 rings (SSSR count). The molecule has 0 radical (unpaired) electrons. The van der Waals surface area contributed by atoms with Crippen molar-refractivity contribution in [2.24, 2.45) is 0 Å². The van der Waals surface area contributed by atoms with Crippen LogP contribution in [0.4, 0.5) is 0 Å². The highest BCUT2D eigenvalue weighted by atomic mass is 17.0. The highest BCUT2D eigenvalue weighted by Crippen LogP contribution is 2.47. The first-order valence-corrected chi connectivity index (χ1v) is 10.2. The fourth-order valence-electron chi connectivity index (χ4n) is 4.12. The Morgan fingerprint density at radius 2 is 1.48 bits per heavy atom. The number of hydrogen-bond donors (Lipinski definition) is 0. The summed E-state index contributed by atoms with van der Waals surface area (Å²) in [5, 5.41) is 0. The Balaban J connectivity index is 1.27. The van der Waals surface area contributed by atoms with Gasteiger partial charge in [0, 0.05) is 6.42 Å². The summed E-state index contributed by atoms with van der Waals surface area (Å²) in [6.07, 6.45) is -1.10. The van der Waals surface area contributed by atoms with Crippen molar-refractivity contribution in [3.63, 3.8) is 0 Å². The molecule has 3 heterocycles. The van der Waals surface area contributed by atoms with Crippen LogP contribution in [0.1, 0.15) is 24.5 Å². The second-order valence-electron chi connectivity index (χ2n) is 7.62. The van der Waals surface area contributed by atoms with Gasteiger partial charge in [-0.1, -0.05) is 67.6 Å². The van der Waals surface area contributed by atoms with Crippen LogP contribution >= 0.6 is 0 Å². The molecule has 0 aromatic heterocycles. The van der Waals surface area contributed by atoms with Gasteiger partial charge in [-0.05, 0) is 11.1 Å². The Labute approximate surface area is 170 Å². The van der Waals surface area contributed by atoms with Crippen molar-refractivity contribution >= 4 is 0 Å².